The third kappa shape index (κ3) is 7.88. The first-order valence-electron chi connectivity index (χ1n) is 14.7. The van der Waals surface area contributed by atoms with Gasteiger partial charge in [-0.15, -0.1) is 10.2 Å². The molecule has 4 aromatic rings. The van der Waals surface area contributed by atoms with Crippen LogP contribution in [0.25, 0.3) is 22.5 Å². The lowest BCUT2D eigenvalue weighted by molar-refractivity contribution is -0.116. The minimum Gasteiger partial charge on any atom is -0.309 e. The van der Waals surface area contributed by atoms with Crippen LogP contribution in [0.2, 0.25) is 5.02 Å². The number of halogens is 1. The number of rotatable bonds is 13. The molecule has 0 radical (unpaired) electrons. The van der Waals surface area contributed by atoms with Crippen LogP contribution in [0.1, 0.15) is 68.9 Å². The number of aromatic nitrogens is 4. The van der Waals surface area contributed by atoms with E-state index in [1.54, 1.807) is 6.07 Å². The number of benzene rings is 2. The summed E-state index contributed by atoms with van der Waals surface area (Å²) in [6, 6.07) is 21.5. The summed E-state index contributed by atoms with van der Waals surface area (Å²) >= 11 is 5.94. The lowest BCUT2D eigenvalue weighted by atomic mass is 9.89. The Morgan fingerprint density at radius 1 is 0.829 bits per heavy atom. The molecule has 1 amide bonds. The first-order chi connectivity index (χ1) is 20.1. The number of hydrogen-bond donors (Lipinski definition) is 2. The number of nitrogens with one attached hydrogen (secondary N) is 2. The first kappa shape index (κ1) is 28.7. The van der Waals surface area contributed by atoms with Crippen LogP contribution in [0, 0.1) is 5.41 Å². The Balaban J connectivity index is 0.932. The molecule has 0 fully saturated rings. The van der Waals surface area contributed by atoms with Crippen molar-refractivity contribution in [2.24, 2.45) is 0 Å². The molecular weight excluding hydrogens is 532 g/mol. The minimum atomic E-state index is -0.0240. The number of fused-ring (bicyclic) bond motifs is 3. The SMILES string of the molecule is N=c1cc2c(nn1CCCCCCCCCCC(=O)Nc1ccc(-c3ccc(Cl)cc3)nn1)-c1ccccc1CC2. The Kier molecular flexibility index (Phi) is 9.91. The second-order valence-corrected chi connectivity index (χ2v) is 11.2. The number of aryl methyl sites for hydroxylation is 3. The Morgan fingerprint density at radius 3 is 2.29 bits per heavy atom. The molecule has 2 N–H and O–H groups in total. The fraction of sp³-hybridized carbons (Fsp3) is 0.364. The number of amides is 1. The number of anilines is 1. The van der Waals surface area contributed by atoms with Crippen LogP contribution in [0.5, 0.6) is 0 Å². The van der Waals surface area contributed by atoms with Gasteiger partial charge in [-0.2, -0.15) is 5.10 Å². The van der Waals surface area contributed by atoms with Gasteiger partial charge >= 0.3 is 0 Å². The van der Waals surface area contributed by atoms with E-state index in [9.17, 15) is 4.79 Å². The zero-order valence-corrected chi connectivity index (χ0v) is 24.2. The van der Waals surface area contributed by atoms with Crippen LogP contribution in [0.3, 0.4) is 0 Å². The Labute approximate surface area is 246 Å². The standard InChI is InChI=1S/C33H37ClN6O/c34-27-18-16-25(17-19-27)29-20-21-31(38-37-29)36-32(41)13-7-5-3-1-2-4-6-10-22-40-30(35)23-26-15-14-24-11-8-9-12-28(24)33(26)39-40/h8-9,11-12,16-21,23,35H,1-7,10,13-15,22H2,(H,36,38,41). The van der Waals surface area contributed by atoms with Gasteiger partial charge < -0.3 is 5.32 Å². The fourth-order valence-electron chi connectivity index (χ4n) is 5.36. The average molecular weight is 569 g/mol. The molecule has 0 saturated heterocycles. The van der Waals surface area contributed by atoms with Crippen LogP contribution in [0.15, 0.2) is 66.7 Å². The molecule has 0 atom stereocenters. The molecule has 41 heavy (non-hydrogen) atoms. The lowest BCUT2D eigenvalue weighted by Crippen LogP contribution is -2.25. The van der Waals surface area contributed by atoms with E-state index >= 15 is 0 Å². The van der Waals surface area contributed by atoms with Crippen LogP contribution in [-0.4, -0.2) is 25.9 Å². The van der Waals surface area contributed by atoms with Gasteiger partial charge in [0.1, 0.15) is 5.49 Å². The fourth-order valence-corrected chi connectivity index (χ4v) is 5.49. The quantitative estimate of drug-likeness (QED) is 0.164. The van der Waals surface area contributed by atoms with Crippen molar-refractivity contribution in [3.63, 3.8) is 0 Å². The zero-order chi connectivity index (χ0) is 28.4. The molecule has 0 spiro atoms. The number of carbonyl (C=O) groups is 1. The first-order valence-corrected chi connectivity index (χ1v) is 15.1. The topological polar surface area (TPSA) is 96.5 Å². The molecule has 0 unspecified atom stereocenters. The molecule has 2 aromatic carbocycles. The molecule has 0 aliphatic heterocycles. The summed E-state index contributed by atoms with van der Waals surface area (Å²) in [6.07, 6.45) is 11.3. The van der Waals surface area contributed by atoms with E-state index in [1.165, 1.54) is 36.0 Å². The van der Waals surface area contributed by atoms with Crippen LogP contribution in [0.4, 0.5) is 5.82 Å². The highest BCUT2D eigenvalue weighted by atomic mass is 35.5. The van der Waals surface area contributed by atoms with Gasteiger partial charge in [0.15, 0.2) is 5.82 Å². The van der Waals surface area contributed by atoms with E-state index in [0.29, 0.717) is 22.7 Å². The Morgan fingerprint density at radius 2 is 1.54 bits per heavy atom. The van der Waals surface area contributed by atoms with E-state index in [1.807, 2.05) is 41.1 Å². The summed E-state index contributed by atoms with van der Waals surface area (Å²) < 4.78 is 1.87. The van der Waals surface area contributed by atoms with E-state index in [4.69, 9.17) is 22.1 Å². The molecule has 2 aromatic heterocycles. The van der Waals surface area contributed by atoms with Gasteiger partial charge in [-0.1, -0.05) is 86.5 Å². The van der Waals surface area contributed by atoms with Gasteiger partial charge in [-0.25, -0.2) is 4.68 Å². The van der Waals surface area contributed by atoms with Gasteiger partial charge in [-0.3, -0.25) is 10.2 Å². The highest BCUT2D eigenvalue weighted by Crippen LogP contribution is 2.30. The lowest BCUT2D eigenvalue weighted by Gasteiger charge is -2.20. The molecule has 212 valence electrons. The Bertz CT molecular complexity index is 1510. The van der Waals surface area contributed by atoms with Gasteiger partial charge in [0, 0.05) is 29.1 Å². The van der Waals surface area contributed by atoms with Crippen molar-refractivity contribution in [3.8, 4) is 22.5 Å². The number of carbonyl (C=O) groups excluding carboxylic acids is 1. The molecule has 0 saturated carbocycles. The molecule has 1 aliphatic carbocycles. The Hall–Kier alpha value is -3.84. The van der Waals surface area contributed by atoms with E-state index in [-0.39, 0.29) is 5.91 Å². The third-order valence-corrected chi connectivity index (χ3v) is 7.90. The van der Waals surface area contributed by atoms with E-state index in [0.717, 1.165) is 68.4 Å². The highest BCUT2D eigenvalue weighted by molar-refractivity contribution is 6.30. The molecular formula is C33H37ClN6O. The smallest absolute Gasteiger partial charge is 0.225 e. The normalized spacial score (nSPS) is 12.0. The molecule has 5 rings (SSSR count). The van der Waals surface area contributed by atoms with Crippen molar-refractivity contribution in [1.29, 1.82) is 5.41 Å². The molecule has 0 bridgehead atoms. The molecule has 8 heteroatoms. The summed E-state index contributed by atoms with van der Waals surface area (Å²) in [6.45, 7) is 0.789. The summed E-state index contributed by atoms with van der Waals surface area (Å²) in [7, 11) is 0. The number of unbranched alkanes of at least 4 members (excludes halogenated alkanes) is 7. The predicted octanol–water partition coefficient (Wildman–Crippen LogP) is 7.39. The summed E-state index contributed by atoms with van der Waals surface area (Å²) in [5, 5.41) is 25.1. The maximum Gasteiger partial charge on any atom is 0.225 e. The summed E-state index contributed by atoms with van der Waals surface area (Å²) in [4.78, 5) is 12.3. The largest absolute Gasteiger partial charge is 0.309 e. The monoisotopic (exact) mass is 568 g/mol. The van der Waals surface area contributed by atoms with Crippen molar-refractivity contribution >= 4 is 23.3 Å². The second-order valence-electron chi connectivity index (χ2n) is 10.7. The van der Waals surface area contributed by atoms with Gasteiger partial charge in [0.2, 0.25) is 5.91 Å². The molecule has 2 heterocycles. The van der Waals surface area contributed by atoms with Crippen molar-refractivity contribution in [1.82, 2.24) is 20.0 Å². The predicted molar refractivity (Wildman–Crippen MR) is 164 cm³/mol. The summed E-state index contributed by atoms with van der Waals surface area (Å²) in [5.41, 5.74) is 7.00. The second kappa shape index (κ2) is 14.2. The molecule has 1 aliphatic rings. The van der Waals surface area contributed by atoms with Gasteiger partial charge in [-0.05, 0) is 67.1 Å². The third-order valence-electron chi connectivity index (χ3n) is 7.65. The number of nitrogens with zero attached hydrogens (tertiary/aromatic N) is 4. The average Bonchev–Trinajstić information content (AvgIpc) is 2.99. The van der Waals surface area contributed by atoms with E-state index < -0.39 is 0 Å². The van der Waals surface area contributed by atoms with Crippen LogP contribution >= 0.6 is 11.6 Å². The molecule has 7 nitrogen and oxygen atoms in total. The van der Waals surface area contributed by atoms with Crippen molar-refractivity contribution < 1.29 is 4.79 Å². The minimum absolute atomic E-state index is 0.0240. The maximum absolute atomic E-state index is 12.3. The van der Waals surface area contributed by atoms with Crippen LogP contribution < -0.4 is 10.8 Å². The van der Waals surface area contributed by atoms with Gasteiger partial charge in [0.05, 0.1) is 11.4 Å². The van der Waals surface area contributed by atoms with Crippen molar-refractivity contribution in [2.45, 2.75) is 77.2 Å². The zero-order valence-electron chi connectivity index (χ0n) is 23.4. The summed E-state index contributed by atoms with van der Waals surface area (Å²) in [5.74, 6) is 0.447. The van der Waals surface area contributed by atoms with Crippen LogP contribution in [-0.2, 0) is 24.2 Å². The van der Waals surface area contributed by atoms with E-state index in [2.05, 4.69) is 39.8 Å². The number of hydrogen-bond acceptors (Lipinski definition) is 5. The van der Waals surface area contributed by atoms with Crippen molar-refractivity contribution in [2.75, 3.05) is 5.32 Å². The van der Waals surface area contributed by atoms with Gasteiger partial charge in [0.25, 0.3) is 0 Å². The maximum atomic E-state index is 12.3. The highest BCUT2D eigenvalue weighted by Gasteiger charge is 2.18. The van der Waals surface area contributed by atoms with Crippen molar-refractivity contribution in [3.05, 3.63) is 88.4 Å².